The number of halogens is 1. The summed E-state index contributed by atoms with van der Waals surface area (Å²) in [6.07, 6.45) is 0. The summed E-state index contributed by atoms with van der Waals surface area (Å²) < 4.78 is 34.0. The van der Waals surface area contributed by atoms with Crippen LogP contribution in [0.4, 0.5) is 0 Å². The van der Waals surface area contributed by atoms with Gasteiger partial charge in [0.1, 0.15) is 0 Å². The summed E-state index contributed by atoms with van der Waals surface area (Å²) in [4.78, 5) is 16.5. The normalized spacial score (nSPS) is 7.20. The van der Waals surface area contributed by atoms with Crippen LogP contribution in [-0.2, 0) is 26.4 Å². The molecule has 14 heteroatoms. The van der Waals surface area contributed by atoms with Gasteiger partial charge in [0, 0.05) is 39.1 Å². The van der Waals surface area contributed by atoms with E-state index >= 15 is 0 Å². The predicted molar refractivity (Wildman–Crippen MR) is 48.3 cm³/mol. The number of hydrogen-bond acceptors (Lipinski definition) is 12. The van der Waals surface area contributed by atoms with E-state index in [2.05, 4.69) is 0 Å². The van der Waals surface area contributed by atoms with Crippen molar-refractivity contribution in [1.29, 1.82) is 0 Å². The fraction of sp³-hybridized carbons (Fsp3) is 0.667. The van der Waals surface area contributed by atoms with Crippen LogP contribution in [0.1, 0.15) is 0 Å². The van der Waals surface area contributed by atoms with Crippen LogP contribution in [0.25, 0.3) is 0 Å². The first kappa shape index (κ1) is 36.6. The summed E-state index contributed by atoms with van der Waals surface area (Å²) in [5.41, 5.74) is 19.6. The van der Waals surface area contributed by atoms with Crippen molar-refractivity contribution in [3.63, 3.8) is 0 Å². The molecule has 20 heavy (non-hydrogen) atoms. The third-order valence-electron chi connectivity index (χ3n) is 0.333. The first-order valence-corrected chi connectivity index (χ1v) is 5.43. The molecule has 0 atom stereocenters. The van der Waals surface area contributed by atoms with Gasteiger partial charge in [-0.05, 0) is 0 Å². The molecule has 0 aliphatic rings. The minimum absolute atomic E-state index is 0. The maximum atomic E-state index is 8.49. The van der Waals surface area contributed by atoms with Crippen LogP contribution in [-0.4, -0.2) is 39.1 Å². The Bertz CT molecular complexity index is 133. The Hall–Kier alpha value is -0.584. The molecule has 0 aromatic carbocycles. The van der Waals surface area contributed by atoms with Crippen LogP contribution in [0, 0.1) is 10.2 Å². The number of carbonyl (C=O) groups is 2. The number of carbonyl (C=O) groups excluding carboxylic acids is 2. The molecule has 0 rings (SSSR count). The van der Waals surface area contributed by atoms with E-state index in [4.69, 9.17) is 61.4 Å². The molecule has 0 radical (unpaired) electrons. The molecule has 0 heterocycles. The zero-order valence-corrected chi connectivity index (χ0v) is 12.1. The van der Waals surface area contributed by atoms with E-state index in [1.165, 1.54) is 0 Å². The monoisotopic (exact) mass is 368 g/mol. The molecule has 0 aromatic heterocycles. The third-order valence-corrected chi connectivity index (χ3v) is 0.333. The van der Waals surface area contributed by atoms with Gasteiger partial charge in [-0.25, -0.2) is 18.6 Å². The minimum Gasteiger partial charge on any atom is -0.554 e. The number of rotatable bonds is 2. The zero-order valence-electron chi connectivity index (χ0n) is 10.3. The fourth-order valence-corrected chi connectivity index (χ4v) is 0. The average molecular weight is 369 g/mol. The Morgan fingerprint density at radius 2 is 0.750 bits per heavy atom. The summed E-state index contributed by atoms with van der Waals surface area (Å²) in [7, 11) is -4.94. The largest absolute Gasteiger partial charge is 3.00 e. The maximum Gasteiger partial charge on any atom is 3.00 e. The van der Waals surface area contributed by atoms with Crippen LogP contribution < -0.4 is 51.8 Å². The van der Waals surface area contributed by atoms with Crippen molar-refractivity contribution in [3.8, 4) is 0 Å². The van der Waals surface area contributed by atoms with Gasteiger partial charge in [0.05, 0.1) is 0 Å². The van der Waals surface area contributed by atoms with Gasteiger partial charge in [-0.2, -0.15) is 0 Å². The topological polar surface area (TPSA) is 277 Å². The smallest absolute Gasteiger partial charge is 0.554 e. The van der Waals surface area contributed by atoms with Gasteiger partial charge in [0.2, 0.25) is 0 Å². The van der Waals surface area contributed by atoms with E-state index < -0.39 is 23.2 Å². The number of hydrogen-bond donors (Lipinski definition) is 4. The quantitative estimate of drug-likeness (QED) is 0.330. The van der Waals surface area contributed by atoms with E-state index in [9.17, 15) is 0 Å². The molecular weight excluding hydrogens is 350 g/mol. The van der Waals surface area contributed by atoms with Crippen molar-refractivity contribution in [3.05, 3.63) is 0 Å². The van der Waals surface area contributed by atoms with Gasteiger partial charge in [-0.1, -0.05) is 0 Å². The fourth-order valence-electron chi connectivity index (χ4n) is 0. The van der Waals surface area contributed by atoms with Crippen molar-refractivity contribution in [2.75, 3.05) is 26.2 Å². The Labute approximate surface area is 128 Å². The molecule has 0 saturated heterocycles. The van der Waals surface area contributed by atoms with Crippen molar-refractivity contribution >= 4 is 12.9 Å². The molecular formula is C6H18ClCoN4O8. The van der Waals surface area contributed by atoms with E-state index in [0.717, 1.165) is 0 Å². The molecule has 126 valence electrons. The van der Waals surface area contributed by atoms with Crippen LogP contribution in [0.3, 0.4) is 0 Å². The number of carboxylic acid groups (broad SMARTS) is 2. The van der Waals surface area contributed by atoms with Gasteiger partial charge in [0.25, 0.3) is 0 Å². The molecule has 0 unspecified atom stereocenters. The molecule has 0 spiro atoms. The van der Waals surface area contributed by atoms with Crippen molar-refractivity contribution in [2.24, 2.45) is 22.9 Å². The van der Waals surface area contributed by atoms with Gasteiger partial charge in [-0.3, -0.25) is 0 Å². The van der Waals surface area contributed by atoms with Crippen molar-refractivity contribution in [2.45, 2.75) is 0 Å². The molecule has 12 nitrogen and oxygen atoms in total. The van der Waals surface area contributed by atoms with Gasteiger partial charge in [0.15, 0.2) is 0 Å². The van der Waals surface area contributed by atoms with Crippen LogP contribution >= 0.6 is 0 Å². The summed E-state index contributed by atoms with van der Waals surface area (Å²) >= 11 is 0. The van der Waals surface area contributed by atoms with E-state index in [1.807, 2.05) is 0 Å². The van der Waals surface area contributed by atoms with Crippen molar-refractivity contribution < 1.29 is 65.5 Å². The molecule has 0 amide bonds. The van der Waals surface area contributed by atoms with Crippen LogP contribution in [0.15, 0.2) is 0 Å². The first-order valence-electron chi connectivity index (χ1n) is 4.19. The summed E-state index contributed by atoms with van der Waals surface area (Å²) in [5, 5.41) is 16.5. The Balaban J connectivity index is -0.0000000307. The standard InChI is InChI=1S/2C2H8N2.2CH2O2.ClHO4.Co/c2*3-1-2-4;2*2-1-3;2-1(3,4)5;/h2*1-4H2;2*1H,(H,2,3);(H,2,3,4,5);/q;;;;;+3/p-3. The molecule has 8 N–H and O–H groups in total. The van der Waals surface area contributed by atoms with Crippen LogP contribution in [0.5, 0.6) is 0 Å². The van der Waals surface area contributed by atoms with Crippen LogP contribution in [0.2, 0.25) is 0 Å². The summed E-state index contributed by atoms with van der Waals surface area (Å²) in [5.74, 6) is 0. The molecule has 0 saturated carbocycles. The van der Waals surface area contributed by atoms with Gasteiger partial charge >= 0.3 is 16.8 Å². The van der Waals surface area contributed by atoms with E-state index in [1.54, 1.807) is 0 Å². The molecule has 0 bridgehead atoms. The van der Waals surface area contributed by atoms with E-state index in [0.29, 0.717) is 26.2 Å². The predicted octanol–water partition coefficient (Wildman–Crippen LogP) is -10.2. The Morgan fingerprint density at radius 3 is 0.750 bits per heavy atom. The third kappa shape index (κ3) is 2340. The SMILES string of the molecule is NCCN.NCCN.O=C[O-].O=C[O-].[Co+3].[O-][Cl+3]([O-])([O-])[O-]. The Morgan fingerprint density at radius 1 is 0.700 bits per heavy atom. The van der Waals surface area contributed by atoms with Gasteiger partial charge in [-0.15, -0.1) is 10.2 Å². The molecule has 0 aliphatic carbocycles. The first-order chi connectivity index (χ1) is 8.66. The second kappa shape index (κ2) is 42.9. The maximum absolute atomic E-state index is 8.49. The Kier molecular flexibility index (Phi) is 78.4. The van der Waals surface area contributed by atoms with E-state index in [-0.39, 0.29) is 16.8 Å². The second-order valence-corrected chi connectivity index (χ2v) is 2.48. The minimum atomic E-state index is -4.94. The van der Waals surface area contributed by atoms with Crippen molar-refractivity contribution in [1.82, 2.24) is 0 Å². The molecule has 0 fully saturated rings. The average Bonchev–Trinajstić information content (AvgIpc) is 2.29. The zero-order chi connectivity index (χ0) is 16.7. The molecule has 0 aliphatic heterocycles. The second-order valence-electron chi connectivity index (χ2n) is 1.73. The summed E-state index contributed by atoms with van der Waals surface area (Å²) in [6.45, 7) is 1.39. The van der Waals surface area contributed by atoms with Gasteiger partial charge < -0.3 is 42.7 Å². The number of nitrogens with two attached hydrogens (primary N) is 4. The summed E-state index contributed by atoms with van der Waals surface area (Å²) in [6, 6.07) is 0. The molecule has 0 aromatic rings.